The van der Waals surface area contributed by atoms with Crippen molar-refractivity contribution >= 4 is 5.91 Å². The lowest BCUT2D eigenvalue weighted by atomic mass is 10.2. The molecule has 0 atom stereocenters. The van der Waals surface area contributed by atoms with Crippen molar-refractivity contribution in [3.8, 4) is 28.7 Å². The molecule has 2 aromatic heterocycles. The van der Waals surface area contributed by atoms with Gasteiger partial charge in [-0.25, -0.2) is 9.97 Å². The average molecular weight is 423 g/mol. The maximum atomic E-state index is 12.5. The largest absolute Gasteiger partial charge is 0.493 e. The van der Waals surface area contributed by atoms with Gasteiger partial charge in [0, 0.05) is 11.8 Å². The Morgan fingerprint density at radius 1 is 1.19 bits per heavy atom. The highest BCUT2D eigenvalue weighted by Gasteiger charge is 2.23. The van der Waals surface area contributed by atoms with E-state index in [9.17, 15) is 4.79 Å². The molecule has 8 nitrogen and oxygen atoms in total. The van der Waals surface area contributed by atoms with Crippen molar-refractivity contribution in [2.45, 2.75) is 26.3 Å². The smallest absolute Gasteiger partial charge is 0.274 e. The van der Waals surface area contributed by atoms with E-state index in [0.717, 1.165) is 5.56 Å². The standard InChI is InChI=1S/C23H25N3O5/c1-3-29-19-5-4-10-24-21(19)22(27)25-12-17-14-31-23(26-17)16-8-9-18(28-2)20(11-16)30-13-15-6-7-15/h4-5,8-11,14-15H,3,6-7,12-13H2,1-2H3,(H,25,27). The Kier molecular flexibility index (Phi) is 6.35. The van der Waals surface area contributed by atoms with E-state index in [1.54, 1.807) is 25.4 Å². The molecule has 0 unspecified atom stereocenters. The summed E-state index contributed by atoms with van der Waals surface area (Å²) in [7, 11) is 1.61. The maximum Gasteiger partial charge on any atom is 0.274 e. The topological polar surface area (TPSA) is 95.7 Å². The van der Waals surface area contributed by atoms with E-state index in [1.165, 1.54) is 19.1 Å². The molecule has 3 aromatic rings. The van der Waals surface area contributed by atoms with E-state index in [1.807, 2.05) is 25.1 Å². The van der Waals surface area contributed by atoms with E-state index >= 15 is 0 Å². The van der Waals surface area contributed by atoms with Crippen LogP contribution >= 0.6 is 0 Å². The molecule has 1 aromatic carbocycles. The molecule has 0 aliphatic heterocycles. The van der Waals surface area contributed by atoms with Crippen LogP contribution in [0.2, 0.25) is 0 Å². The first-order chi connectivity index (χ1) is 15.2. The van der Waals surface area contributed by atoms with Crippen LogP contribution in [0.1, 0.15) is 35.9 Å². The first kappa shape index (κ1) is 20.7. The Balaban J connectivity index is 1.42. The first-order valence-electron chi connectivity index (χ1n) is 10.3. The van der Waals surface area contributed by atoms with Gasteiger partial charge in [0.1, 0.15) is 6.26 Å². The van der Waals surface area contributed by atoms with E-state index in [4.69, 9.17) is 18.6 Å². The van der Waals surface area contributed by atoms with Crippen LogP contribution in [0, 0.1) is 5.92 Å². The van der Waals surface area contributed by atoms with Crippen LogP contribution in [0.15, 0.2) is 47.2 Å². The van der Waals surface area contributed by atoms with Crippen LogP contribution in [0.3, 0.4) is 0 Å². The number of nitrogens with zero attached hydrogens (tertiary/aromatic N) is 2. The second kappa shape index (κ2) is 9.51. The molecule has 4 rings (SSSR count). The molecule has 0 radical (unpaired) electrons. The molecule has 0 spiro atoms. The van der Waals surface area contributed by atoms with E-state index < -0.39 is 0 Å². The van der Waals surface area contributed by atoms with Gasteiger partial charge in [0.2, 0.25) is 5.89 Å². The summed E-state index contributed by atoms with van der Waals surface area (Å²) >= 11 is 0. The highest BCUT2D eigenvalue weighted by atomic mass is 16.5. The molecule has 0 saturated heterocycles. The van der Waals surface area contributed by atoms with Gasteiger partial charge < -0.3 is 23.9 Å². The first-order valence-corrected chi connectivity index (χ1v) is 10.3. The van der Waals surface area contributed by atoms with E-state index in [0.29, 0.717) is 48.0 Å². The van der Waals surface area contributed by atoms with Crippen molar-refractivity contribution in [3.05, 3.63) is 54.2 Å². The van der Waals surface area contributed by atoms with Crippen molar-refractivity contribution in [3.63, 3.8) is 0 Å². The Labute approximate surface area is 180 Å². The third kappa shape index (κ3) is 5.14. The minimum atomic E-state index is -0.339. The van der Waals surface area contributed by atoms with Crippen LogP contribution in [0.25, 0.3) is 11.5 Å². The Hall–Kier alpha value is -3.55. The molecule has 31 heavy (non-hydrogen) atoms. The molecule has 162 valence electrons. The van der Waals surface area contributed by atoms with E-state index in [2.05, 4.69) is 15.3 Å². The second-order valence-electron chi connectivity index (χ2n) is 7.23. The Morgan fingerprint density at radius 3 is 2.84 bits per heavy atom. The van der Waals surface area contributed by atoms with Crippen LogP contribution in [-0.4, -0.2) is 36.2 Å². The summed E-state index contributed by atoms with van der Waals surface area (Å²) in [6, 6.07) is 8.99. The lowest BCUT2D eigenvalue weighted by Crippen LogP contribution is -2.24. The van der Waals surface area contributed by atoms with Gasteiger partial charge in [0.05, 0.1) is 32.6 Å². The number of nitrogens with one attached hydrogen (secondary N) is 1. The van der Waals surface area contributed by atoms with Crippen molar-refractivity contribution in [1.29, 1.82) is 0 Å². The third-order valence-electron chi connectivity index (χ3n) is 4.85. The second-order valence-corrected chi connectivity index (χ2v) is 7.23. The lowest BCUT2D eigenvalue weighted by molar-refractivity contribution is 0.0941. The van der Waals surface area contributed by atoms with Crippen LogP contribution < -0.4 is 19.5 Å². The number of hydrogen-bond donors (Lipinski definition) is 1. The van der Waals surface area contributed by atoms with Gasteiger partial charge >= 0.3 is 0 Å². The number of oxazole rings is 1. The summed E-state index contributed by atoms with van der Waals surface area (Å²) < 4.78 is 22.4. The number of benzene rings is 1. The monoisotopic (exact) mass is 423 g/mol. The zero-order chi connectivity index (χ0) is 21.6. The normalized spacial score (nSPS) is 13.0. The van der Waals surface area contributed by atoms with Gasteiger partial charge in [-0.1, -0.05) is 0 Å². The molecule has 2 heterocycles. The lowest BCUT2D eigenvalue weighted by Gasteiger charge is -2.11. The summed E-state index contributed by atoms with van der Waals surface area (Å²) in [5.41, 5.74) is 1.60. The van der Waals surface area contributed by atoms with Crippen molar-refractivity contribution < 1.29 is 23.4 Å². The highest BCUT2D eigenvalue weighted by Crippen LogP contribution is 2.35. The van der Waals surface area contributed by atoms with Crippen molar-refractivity contribution in [2.75, 3.05) is 20.3 Å². The van der Waals surface area contributed by atoms with Crippen molar-refractivity contribution in [1.82, 2.24) is 15.3 Å². The van der Waals surface area contributed by atoms with Gasteiger partial charge in [-0.3, -0.25) is 4.79 Å². The zero-order valence-corrected chi connectivity index (χ0v) is 17.6. The predicted molar refractivity (Wildman–Crippen MR) is 113 cm³/mol. The fourth-order valence-electron chi connectivity index (χ4n) is 3.02. The number of ether oxygens (including phenoxy) is 3. The number of carbonyl (C=O) groups excluding carboxylic acids is 1. The molecule has 1 saturated carbocycles. The summed E-state index contributed by atoms with van der Waals surface area (Å²) in [5.74, 6) is 2.51. The Bertz CT molecular complexity index is 1050. The van der Waals surface area contributed by atoms with Crippen LogP contribution in [0.4, 0.5) is 0 Å². The fourth-order valence-corrected chi connectivity index (χ4v) is 3.02. The van der Waals surface area contributed by atoms with Gasteiger partial charge in [0.15, 0.2) is 22.9 Å². The van der Waals surface area contributed by atoms with Gasteiger partial charge in [0.25, 0.3) is 5.91 Å². The van der Waals surface area contributed by atoms with Gasteiger partial charge in [-0.2, -0.15) is 0 Å². The number of methoxy groups -OCH3 is 1. The van der Waals surface area contributed by atoms with Crippen molar-refractivity contribution in [2.24, 2.45) is 5.92 Å². The SMILES string of the molecule is CCOc1cccnc1C(=O)NCc1coc(-c2ccc(OC)c(OCC3CC3)c2)n1. The molecule has 1 fully saturated rings. The number of hydrogen-bond acceptors (Lipinski definition) is 7. The molecule has 1 N–H and O–H groups in total. The van der Waals surface area contributed by atoms with E-state index in [-0.39, 0.29) is 18.1 Å². The minimum absolute atomic E-state index is 0.200. The molecule has 1 aliphatic rings. The number of rotatable bonds is 10. The summed E-state index contributed by atoms with van der Waals surface area (Å²) in [4.78, 5) is 21.1. The summed E-state index contributed by atoms with van der Waals surface area (Å²) in [6.45, 7) is 3.19. The molecule has 1 aliphatic carbocycles. The fraction of sp³-hybridized carbons (Fsp3) is 0.348. The molecule has 8 heteroatoms. The molecular formula is C23H25N3O5. The average Bonchev–Trinajstić information content (AvgIpc) is 3.51. The molecular weight excluding hydrogens is 398 g/mol. The minimum Gasteiger partial charge on any atom is -0.493 e. The number of pyridine rings is 1. The highest BCUT2D eigenvalue weighted by molar-refractivity contribution is 5.94. The maximum absolute atomic E-state index is 12.5. The molecule has 0 bridgehead atoms. The third-order valence-corrected chi connectivity index (χ3v) is 4.85. The van der Waals surface area contributed by atoms with Gasteiger partial charge in [-0.15, -0.1) is 0 Å². The quantitative estimate of drug-likeness (QED) is 0.529. The van der Waals surface area contributed by atoms with Crippen LogP contribution in [0.5, 0.6) is 17.2 Å². The number of carbonyl (C=O) groups is 1. The zero-order valence-electron chi connectivity index (χ0n) is 17.6. The van der Waals surface area contributed by atoms with Crippen LogP contribution in [-0.2, 0) is 6.54 Å². The number of amides is 1. The predicted octanol–water partition coefficient (Wildman–Crippen LogP) is 3.86. The van der Waals surface area contributed by atoms with Gasteiger partial charge in [-0.05, 0) is 56.0 Å². The summed E-state index contributed by atoms with van der Waals surface area (Å²) in [6.07, 6.45) is 5.49. The summed E-state index contributed by atoms with van der Waals surface area (Å²) in [5, 5.41) is 2.80. The Morgan fingerprint density at radius 2 is 2.06 bits per heavy atom. The number of aromatic nitrogens is 2. The molecule has 1 amide bonds.